The fourth-order valence-electron chi connectivity index (χ4n) is 13.5. The highest BCUT2D eigenvalue weighted by Gasteiger charge is 2.19. The molecule has 0 saturated heterocycles. The number of benzene rings is 14. The molecule has 0 N–H and O–H groups in total. The summed E-state index contributed by atoms with van der Waals surface area (Å²) in [5, 5.41) is 11.5. The molecule has 0 fully saturated rings. The van der Waals surface area contributed by atoms with Crippen LogP contribution >= 0.6 is 0 Å². The Morgan fingerprint density at radius 1 is 0.167 bits per heavy atom. The van der Waals surface area contributed by atoms with Gasteiger partial charge in [0.15, 0.2) is 34.9 Å². The van der Waals surface area contributed by atoms with E-state index in [1.807, 2.05) is 18.5 Å². The highest BCUT2D eigenvalue weighted by atomic mass is 15.0. The topological polar surface area (TPSA) is 103 Å². The summed E-state index contributed by atoms with van der Waals surface area (Å²) < 4.78 is 0. The highest BCUT2D eigenvalue weighted by Crippen LogP contribution is 2.39. The molecule has 0 spiro atoms. The molecule has 0 unspecified atom stereocenters. The Hall–Kier alpha value is -13.0. The number of hydrogen-bond donors (Lipinski definition) is 0. The summed E-state index contributed by atoms with van der Waals surface area (Å²) in [5.74, 6) is 3.63. The van der Waals surface area contributed by atoms with E-state index >= 15 is 0 Å². The van der Waals surface area contributed by atoms with Crippen LogP contribution in [-0.4, -0.2) is 39.9 Å². The average molecular weight is 1220 g/mol. The Balaban J connectivity index is 0.634. The van der Waals surface area contributed by atoms with Crippen molar-refractivity contribution in [2.75, 3.05) is 0 Å². The van der Waals surface area contributed by atoms with Gasteiger partial charge in [-0.2, -0.15) is 0 Å². The first-order chi connectivity index (χ1) is 47.5. The molecule has 0 aliphatic rings. The molecule has 8 heteroatoms. The monoisotopic (exact) mass is 1220 g/mol. The molecule has 8 nitrogen and oxygen atoms in total. The number of fused-ring (bicyclic) bond motifs is 6. The van der Waals surface area contributed by atoms with Gasteiger partial charge >= 0.3 is 0 Å². The van der Waals surface area contributed by atoms with E-state index in [-0.39, 0.29) is 0 Å². The normalized spacial score (nSPS) is 11.5. The molecule has 14 aromatic carbocycles. The van der Waals surface area contributed by atoms with Crippen LogP contribution in [-0.2, 0) is 0 Å². The van der Waals surface area contributed by atoms with Crippen LogP contribution in [0.4, 0.5) is 0 Å². The van der Waals surface area contributed by atoms with E-state index < -0.39 is 0 Å². The van der Waals surface area contributed by atoms with Crippen LogP contribution in [0, 0.1) is 0 Å². The second-order valence-electron chi connectivity index (χ2n) is 24.3. The standard InChI is InChI=1S/C88H54N8/c1-3-15-67-51-72(45-27-55(67)12-1)87-94-86(95-88(96-87)73-46-28-56-13-2-4-16-68(56)52-73)66-43-35-61(36-44-66)80-26-10-20-71-53-74(54-90-82(71)80)69-47-48-78-70(50-69)19-9-24-77(78)59-31-39-64(40-32-59)84-91-83(63-37-29-58(30-38-63)76-23-7-17-57-14-5-6-22-75(57)76)92-85(93-84)65-41-33-60(34-42-65)79-25-8-18-62-21-11-49-89-81(62)79/h1-54H. The van der Waals surface area contributed by atoms with E-state index in [1.54, 1.807) is 0 Å². The lowest BCUT2D eigenvalue weighted by atomic mass is 9.94. The lowest BCUT2D eigenvalue weighted by molar-refractivity contribution is 1.07. The zero-order chi connectivity index (χ0) is 63.5. The van der Waals surface area contributed by atoms with E-state index in [0.29, 0.717) is 34.9 Å². The van der Waals surface area contributed by atoms with Crippen molar-refractivity contribution in [1.82, 2.24) is 39.9 Å². The number of para-hydroxylation sites is 2. The van der Waals surface area contributed by atoms with E-state index in [0.717, 1.165) is 127 Å². The third-order valence-electron chi connectivity index (χ3n) is 18.4. The van der Waals surface area contributed by atoms with Gasteiger partial charge < -0.3 is 0 Å². The van der Waals surface area contributed by atoms with E-state index in [2.05, 4.69) is 309 Å². The van der Waals surface area contributed by atoms with Crippen molar-refractivity contribution in [3.05, 3.63) is 328 Å². The summed E-state index contributed by atoms with van der Waals surface area (Å²) in [6.07, 6.45) is 3.84. The van der Waals surface area contributed by atoms with Gasteiger partial charge in [-0.3, -0.25) is 9.97 Å². The minimum absolute atomic E-state index is 0.591. The first-order valence-corrected chi connectivity index (χ1v) is 32.2. The number of nitrogens with zero attached hydrogens (tertiary/aromatic N) is 8. The smallest absolute Gasteiger partial charge is 0.164 e. The van der Waals surface area contributed by atoms with Crippen LogP contribution in [0.1, 0.15) is 0 Å². The van der Waals surface area contributed by atoms with Crippen LogP contribution in [0.25, 0.3) is 189 Å². The molecule has 446 valence electrons. The van der Waals surface area contributed by atoms with Crippen LogP contribution in [0.5, 0.6) is 0 Å². The van der Waals surface area contributed by atoms with E-state index in [1.165, 1.54) is 27.1 Å². The number of rotatable bonds is 11. The molecule has 18 aromatic rings. The maximum absolute atomic E-state index is 5.19. The van der Waals surface area contributed by atoms with E-state index in [4.69, 9.17) is 39.9 Å². The van der Waals surface area contributed by atoms with Crippen LogP contribution in [0.2, 0.25) is 0 Å². The fraction of sp³-hybridized carbons (Fsp3) is 0. The summed E-state index contributed by atoms with van der Waals surface area (Å²) in [6, 6.07) is 111. The third-order valence-corrected chi connectivity index (χ3v) is 18.4. The lowest BCUT2D eigenvalue weighted by Gasteiger charge is -2.12. The van der Waals surface area contributed by atoms with Crippen LogP contribution in [0.15, 0.2) is 328 Å². The molecule has 0 atom stereocenters. The summed E-state index contributed by atoms with van der Waals surface area (Å²) in [4.78, 5) is 40.7. The maximum Gasteiger partial charge on any atom is 0.164 e. The van der Waals surface area contributed by atoms with Crippen molar-refractivity contribution in [2.24, 2.45) is 0 Å². The third kappa shape index (κ3) is 10.4. The van der Waals surface area contributed by atoms with Gasteiger partial charge in [-0.25, -0.2) is 29.9 Å². The van der Waals surface area contributed by atoms with Crippen molar-refractivity contribution in [1.29, 1.82) is 0 Å². The molecule has 18 rings (SSSR count). The van der Waals surface area contributed by atoms with Crippen molar-refractivity contribution in [3.63, 3.8) is 0 Å². The van der Waals surface area contributed by atoms with Crippen LogP contribution < -0.4 is 0 Å². The van der Waals surface area contributed by atoms with Gasteiger partial charge in [0.2, 0.25) is 0 Å². The Bertz CT molecular complexity index is 5820. The molecule has 0 radical (unpaired) electrons. The summed E-state index contributed by atoms with van der Waals surface area (Å²) in [5.41, 5.74) is 18.2. The van der Waals surface area contributed by atoms with Crippen molar-refractivity contribution < 1.29 is 0 Å². The predicted molar refractivity (Wildman–Crippen MR) is 394 cm³/mol. The lowest BCUT2D eigenvalue weighted by Crippen LogP contribution is -2.00. The van der Waals surface area contributed by atoms with Gasteiger partial charge in [0.05, 0.1) is 11.0 Å². The molecule has 0 amide bonds. The van der Waals surface area contributed by atoms with Crippen molar-refractivity contribution >= 4 is 64.9 Å². The second kappa shape index (κ2) is 23.6. The molecule has 0 aliphatic heterocycles. The molecular weight excluding hydrogens is 1170 g/mol. The molecular formula is C88H54N8. The van der Waals surface area contributed by atoms with Gasteiger partial charge in [0, 0.05) is 73.2 Å². The van der Waals surface area contributed by atoms with Gasteiger partial charge in [0.1, 0.15) is 0 Å². The summed E-state index contributed by atoms with van der Waals surface area (Å²) in [6.45, 7) is 0. The number of aromatic nitrogens is 8. The Labute approximate surface area is 553 Å². The van der Waals surface area contributed by atoms with Gasteiger partial charge in [-0.1, -0.05) is 285 Å². The first kappa shape index (κ1) is 55.8. The SMILES string of the molecule is c1ccc2cc(-c3nc(-c4ccc(-c5cccc6cc(-c7ccc8c(-c9ccc(-c%10nc(-c%11ccc(-c%12cccc%13ccccc%12%13)cc%11)nc(-c%11ccc(-c%12cccc%13cccnc%12%13)cc%11)n%10)cc9)cccc8c7)cnc56)cc4)nc(-c4ccc5ccccc5c4)n3)ccc2c1. The molecule has 0 aliphatic carbocycles. The second-order valence-corrected chi connectivity index (χ2v) is 24.3. The summed E-state index contributed by atoms with van der Waals surface area (Å²) >= 11 is 0. The van der Waals surface area contributed by atoms with E-state index in [9.17, 15) is 0 Å². The largest absolute Gasteiger partial charge is 0.256 e. The molecule has 4 heterocycles. The van der Waals surface area contributed by atoms with Crippen molar-refractivity contribution in [2.45, 2.75) is 0 Å². The Kier molecular flexibility index (Phi) is 13.7. The minimum Gasteiger partial charge on any atom is -0.256 e. The maximum atomic E-state index is 5.19. The number of hydrogen-bond acceptors (Lipinski definition) is 8. The highest BCUT2D eigenvalue weighted by molar-refractivity contribution is 6.02. The zero-order valence-electron chi connectivity index (χ0n) is 51.8. The Morgan fingerprint density at radius 3 is 1.00 bits per heavy atom. The number of pyridine rings is 2. The molecule has 4 aromatic heterocycles. The summed E-state index contributed by atoms with van der Waals surface area (Å²) in [7, 11) is 0. The fourth-order valence-corrected chi connectivity index (χ4v) is 13.5. The molecule has 0 bridgehead atoms. The average Bonchev–Trinajstić information content (AvgIpc) is 0.806. The van der Waals surface area contributed by atoms with Crippen LogP contribution in [0.3, 0.4) is 0 Å². The van der Waals surface area contributed by atoms with Gasteiger partial charge in [0.25, 0.3) is 0 Å². The van der Waals surface area contributed by atoms with Gasteiger partial charge in [-0.15, -0.1) is 0 Å². The first-order valence-electron chi connectivity index (χ1n) is 32.2. The van der Waals surface area contributed by atoms with Crippen molar-refractivity contribution in [3.8, 4) is 124 Å². The minimum atomic E-state index is 0.591. The zero-order valence-corrected chi connectivity index (χ0v) is 51.8. The Morgan fingerprint density at radius 2 is 0.490 bits per heavy atom. The quantitative estimate of drug-likeness (QED) is 0.126. The van der Waals surface area contributed by atoms with Gasteiger partial charge in [-0.05, 0) is 112 Å². The predicted octanol–water partition coefficient (Wildman–Crippen LogP) is 22.1. The molecule has 0 saturated carbocycles. The molecule has 96 heavy (non-hydrogen) atoms.